The molecule has 1 heterocycles. The van der Waals surface area contributed by atoms with Gasteiger partial charge in [-0.1, -0.05) is 11.6 Å². The van der Waals surface area contributed by atoms with E-state index < -0.39 is 0 Å². The second-order valence-electron chi connectivity index (χ2n) is 6.18. The number of nitrogens with zero attached hydrogens (tertiary/aromatic N) is 1. The van der Waals surface area contributed by atoms with Crippen molar-refractivity contribution in [1.82, 2.24) is 10.3 Å². The Kier molecular flexibility index (Phi) is 4.41. The van der Waals surface area contributed by atoms with Gasteiger partial charge < -0.3 is 15.8 Å². The third-order valence-electron chi connectivity index (χ3n) is 4.37. The van der Waals surface area contributed by atoms with E-state index in [1.165, 1.54) is 0 Å². The Morgan fingerprint density at radius 1 is 1.48 bits per heavy atom. The molecule has 0 bridgehead atoms. The number of hydrogen-bond acceptors (Lipinski definition) is 4. The van der Waals surface area contributed by atoms with Crippen molar-refractivity contribution < 1.29 is 9.53 Å². The van der Waals surface area contributed by atoms with E-state index in [9.17, 15) is 4.79 Å². The fourth-order valence-electron chi connectivity index (χ4n) is 2.77. The number of fused-ring (bicyclic) bond motifs is 1. The first-order valence-corrected chi connectivity index (χ1v) is 8.08. The lowest BCUT2D eigenvalue weighted by molar-refractivity contribution is -0.125. The molecule has 23 heavy (non-hydrogen) atoms. The fraction of sp³-hybridized carbons (Fsp3) is 0.412. The van der Waals surface area contributed by atoms with E-state index in [4.69, 9.17) is 22.1 Å². The van der Waals surface area contributed by atoms with Crippen LogP contribution in [0.1, 0.15) is 19.8 Å². The van der Waals surface area contributed by atoms with Crippen molar-refractivity contribution in [2.24, 2.45) is 11.7 Å². The molecule has 1 aromatic carbocycles. The summed E-state index contributed by atoms with van der Waals surface area (Å²) >= 11 is 6.15. The normalized spacial score (nSPS) is 16.8. The highest BCUT2D eigenvalue weighted by atomic mass is 35.5. The number of rotatable bonds is 6. The molecule has 2 aromatic rings. The molecule has 122 valence electrons. The van der Waals surface area contributed by atoms with Gasteiger partial charge in [0.25, 0.3) is 5.91 Å². The van der Waals surface area contributed by atoms with Gasteiger partial charge in [-0.25, -0.2) is 0 Å². The van der Waals surface area contributed by atoms with Gasteiger partial charge in [-0.2, -0.15) is 0 Å². The van der Waals surface area contributed by atoms with E-state index >= 15 is 0 Å². The molecule has 1 fully saturated rings. The van der Waals surface area contributed by atoms with Crippen molar-refractivity contribution in [3.05, 3.63) is 35.5 Å². The Bertz CT molecular complexity index is 733. The summed E-state index contributed by atoms with van der Waals surface area (Å²) in [5.74, 6) is 0.833. The molecule has 1 unspecified atom stereocenters. The first kappa shape index (κ1) is 16.0. The number of halogens is 1. The highest BCUT2D eigenvalue weighted by molar-refractivity contribution is 6.35. The van der Waals surface area contributed by atoms with Gasteiger partial charge in [0.1, 0.15) is 11.3 Å². The molecule has 1 atom stereocenters. The SMILES string of the molecule is CC(CN)(NC(=O)COc1ccc(Cl)c2cccnc12)C1CC1. The lowest BCUT2D eigenvalue weighted by Crippen LogP contribution is -2.54. The molecular weight excluding hydrogens is 314 g/mol. The minimum absolute atomic E-state index is 0.0738. The first-order valence-electron chi connectivity index (χ1n) is 7.70. The topological polar surface area (TPSA) is 77.2 Å². The van der Waals surface area contributed by atoms with Crippen molar-refractivity contribution >= 4 is 28.4 Å². The van der Waals surface area contributed by atoms with Crippen LogP contribution in [0, 0.1) is 5.92 Å². The van der Waals surface area contributed by atoms with E-state index in [0.717, 1.165) is 18.2 Å². The predicted molar refractivity (Wildman–Crippen MR) is 90.6 cm³/mol. The van der Waals surface area contributed by atoms with Gasteiger partial charge in [0.2, 0.25) is 0 Å². The summed E-state index contributed by atoms with van der Waals surface area (Å²) in [6.45, 7) is 2.34. The first-order chi connectivity index (χ1) is 11.0. The quantitative estimate of drug-likeness (QED) is 0.851. The molecular formula is C17H20ClN3O2. The number of carbonyl (C=O) groups is 1. The molecule has 0 saturated heterocycles. The number of benzene rings is 1. The standard InChI is InChI=1S/C17H20ClN3O2/c1-17(10-19,11-4-5-11)21-15(22)9-23-14-7-6-13(18)12-3-2-8-20-16(12)14/h2-3,6-8,11H,4-5,9-10,19H2,1H3,(H,21,22). The fourth-order valence-corrected chi connectivity index (χ4v) is 2.98. The van der Waals surface area contributed by atoms with Crippen LogP contribution in [0.3, 0.4) is 0 Å². The van der Waals surface area contributed by atoms with E-state index in [0.29, 0.717) is 28.8 Å². The summed E-state index contributed by atoms with van der Waals surface area (Å²) in [6.07, 6.45) is 3.89. The number of nitrogens with one attached hydrogen (secondary N) is 1. The summed E-state index contributed by atoms with van der Waals surface area (Å²) in [5, 5.41) is 4.41. The molecule has 6 heteroatoms. The van der Waals surface area contributed by atoms with Crippen LogP contribution in [0.4, 0.5) is 0 Å². The molecule has 5 nitrogen and oxygen atoms in total. The minimum Gasteiger partial charge on any atom is -0.481 e. The number of ether oxygens (including phenoxy) is 1. The molecule has 3 rings (SSSR count). The van der Waals surface area contributed by atoms with Crippen LogP contribution in [0.2, 0.25) is 5.02 Å². The Balaban J connectivity index is 1.69. The van der Waals surface area contributed by atoms with Crippen LogP contribution < -0.4 is 15.8 Å². The van der Waals surface area contributed by atoms with Crippen LogP contribution in [0.5, 0.6) is 5.75 Å². The molecule has 1 aliphatic rings. The summed E-state index contributed by atoms with van der Waals surface area (Å²) in [5.41, 5.74) is 6.12. The predicted octanol–water partition coefficient (Wildman–Crippen LogP) is 2.51. The van der Waals surface area contributed by atoms with Gasteiger partial charge in [0.15, 0.2) is 6.61 Å². The Morgan fingerprint density at radius 3 is 2.96 bits per heavy atom. The highest BCUT2D eigenvalue weighted by Crippen LogP contribution is 2.39. The molecule has 1 aliphatic carbocycles. The third-order valence-corrected chi connectivity index (χ3v) is 4.70. The summed E-state index contributed by atoms with van der Waals surface area (Å²) in [7, 11) is 0. The third kappa shape index (κ3) is 3.41. The van der Waals surface area contributed by atoms with Crippen molar-refractivity contribution in [3.63, 3.8) is 0 Å². The van der Waals surface area contributed by atoms with E-state index in [1.54, 1.807) is 18.3 Å². The second-order valence-corrected chi connectivity index (χ2v) is 6.59. The molecule has 3 N–H and O–H groups in total. The van der Waals surface area contributed by atoms with Crippen molar-refractivity contribution in [1.29, 1.82) is 0 Å². The van der Waals surface area contributed by atoms with Gasteiger partial charge in [-0.15, -0.1) is 0 Å². The van der Waals surface area contributed by atoms with Crippen molar-refractivity contribution in [2.75, 3.05) is 13.2 Å². The monoisotopic (exact) mass is 333 g/mol. The van der Waals surface area contributed by atoms with Gasteiger partial charge >= 0.3 is 0 Å². The lowest BCUT2D eigenvalue weighted by Gasteiger charge is -2.29. The number of amides is 1. The Hall–Kier alpha value is -1.85. The van der Waals surface area contributed by atoms with Crippen molar-refractivity contribution in [3.8, 4) is 5.75 Å². The number of hydrogen-bond donors (Lipinski definition) is 2. The van der Waals surface area contributed by atoms with Gasteiger partial charge in [-0.3, -0.25) is 9.78 Å². The molecule has 0 aliphatic heterocycles. The van der Waals surface area contributed by atoms with Gasteiger partial charge in [0, 0.05) is 18.1 Å². The maximum absolute atomic E-state index is 12.2. The van der Waals surface area contributed by atoms with Crippen LogP contribution in [-0.2, 0) is 4.79 Å². The average Bonchev–Trinajstić information content (AvgIpc) is 3.40. The molecule has 0 spiro atoms. The Labute approximate surface area is 140 Å². The largest absolute Gasteiger partial charge is 0.481 e. The van der Waals surface area contributed by atoms with Crippen LogP contribution in [0.25, 0.3) is 10.9 Å². The lowest BCUT2D eigenvalue weighted by atomic mass is 9.96. The zero-order chi connectivity index (χ0) is 16.4. The van der Waals surface area contributed by atoms with E-state index in [-0.39, 0.29) is 18.1 Å². The zero-order valence-electron chi connectivity index (χ0n) is 13.0. The van der Waals surface area contributed by atoms with Crippen LogP contribution >= 0.6 is 11.6 Å². The zero-order valence-corrected chi connectivity index (χ0v) is 13.8. The van der Waals surface area contributed by atoms with E-state index in [2.05, 4.69) is 10.3 Å². The molecule has 1 aromatic heterocycles. The number of nitrogens with two attached hydrogens (primary N) is 1. The van der Waals surface area contributed by atoms with Gasteiger partial charge in [0.05, 0.1) is 10.6 Å². The summed E-state index contributed by atoms with van der Waals surface area (Å²) in [6, 6.07) is 7.16. The number of carbonyl (C=O) groups excluding carboxylic acids is 1. The molecule has 1 amide bonds. The van der Waals surface area contributed by atoms with Crippen LogP contribution in [0.15, 0.2) is 30.5 Å². The maximum Gasteiger partial charge on any atom is 0.258 e. The smallest absolute Gasteiger partial charge is 0.258 e. The van der Waals surface area contributed by atoms with Crippen LogP contribution in [-0.4, -0.2) is 29.6 Å². The average molecular weight is 334 g/mol. The molecule has 0 radical (unpaired) electrons. The number of pyridine rings is 1. The van der Waals surface area contributed by atoms with E-state index in [1.807, 2.05) is 19.1 Å². The minimum atomic E-state index is -0.346. The second kappa shape index (κ2) is 6.34. The number of aromatic nitrogens is 1. The molecule has 1 saturated carbocycles. The summed E-state index contributed by atoms with van der Waals surface area (Å²) < 4.78 is 5.65. The Morgan fingerprint density at radius 2 is 2.26 bits per heavy atom. The maximum atomic E-state index is 12.2. The highest BCUT2D eigenvalue weighted by Gasteiger charge is 2.41. The summed E-state index contributed by atoms with van der Waals surface area (Å²) in [4.78, 5) is 16.5. The van der Waals surface area contributed by atoms with Gasteiger partial charge in [-0.05, 0) is 49.9 Å². The van der Waals surface area contributed by atoms with Crippen molar-refractivity contribution in [2.45, 2.75) is 25.3 Å².